The Bertz CT molecular complexity index is 1130. The molecule has 2 amide bonds. The van der Waals surface area contributed by atoms with Crippen LogP contribution in [-0.2, 0) is 15.9 Å². The number of likely N-dealkylation sites (tertiary alicyclic amines) is 1. The molecule has 3 heterocycles. The number of anilines is 2. The largest absolute Gasteiger partial charge is 0.436 e. The van der Waals surface area contributed by atoms with Gasteiger partial charge in [0.2, 0.25) is 0 Å². The van der Waals surface area contributed by atoms with Gasteiger partial charge in [-0.25, -0.2) is 13.9 Å². The van der Waals surface area contributed by atoms with Crippen molar-refractivity contribution in [2.24, 2.45) is 5.92 Å². The Morgan fingerprint density at radius 2 is 2.13 bits per heavy atom. The van der Waals surface area contributed by atoms with Crippen molar-refractivity contribution in [1.82, 2.24) is 14.7 Å². The van der Waals surface area contributed by atoms with E-state index in [1.807, 2.05) is 0 Å². The topological polar surface area (TPSA) is 102 Å². The molecule has 0 unspecified atom stereocenters. The van der Waals surface area contributed by atoms with E-state index < -0.39 is 17.5 Å². The van der Waals surface area contributed by atoms with Crippen LogP contribution in [0.1, 0.15) is 48.0 Å². The number of nitrogens with one attached hydrogen (secondary N) is 1. The lowest BCUT2D eigenvalue weighted by molar-refractivity contribution is -0.0960. The number of nitrogens with two attached hydrogens (primary N) is 1. The first-order valence-electron chi connectivity index (χ1n) is 10.4. The van der Waals surface area contributed by atoms with Crippen LogP contribution in [-0.4, -0.2) is 39.8 Å². The number of amides is 2. The standard InChI is InChI=1S/C21H21ClFN5O3/c22-13-2-3-14-15(16(13)23)21(31-19(30)26-14)4-1-5-27(10-21)18(29)12-9-25-28(17(12)24)20-6-11(7-20)8-20/h2-3,9,11H,1,4-8,10,24H2,(H,26,30)/t11?,20?,21-/m0/s1. The number of carbonyl (C=O) groups excluding carboxylic acids is 2. The highest BCUT2D eigenvalue weighted by Gasteiger charge is 2.59. The molecule has 3 N–H and O–H groups in total. The Morgan fingerprint density at radius 1 is 1.35 bits per heavy atom. The zero-order valence-corrected chi connectivity index (χ0v) is 17.4. The molecule has 8 nitrogen and oxygen atoms in total. The lowest BCUT2D eigenvalue weighted by Crippen LogP contribution is -2.60. The second-order valence-corrected chi connectivity index (χ2v) is 9.59. The smallest absolute Gasteiger partial charge is 0.412 e. The van der Waals surface area contributed by atoms with Gasteiger partial charge in [0.1, 0.15) is 11.4 Å². The Labute approximate surface area is 182 Å². The summed E-state index contributed by atoms with van der Waals surface area (Å²) >= 11 is 6.02. The number of benzene rings is 1. The zero-order chi connectivity index (χ0) is 21.5. The number of ether oxygens (including phenoxy) is 1. The third kappa shape index (κ3) is 2.49. The molecule has 2 aromatic rings. The molecule has 2 aliphatic heterocycles. The van der Waals surface area contributed by atoms with Gasteiger partial charge in [0.15, 0.2) is 11.4 Å². The predicted octanol–water partition coefficient (Wildman–Crippen LogP) is 3.46. The van der Waals surface area contributed by atoms with Crippen LogP contribution < -0.4 is 11.1 Å². The summed E-state index contributed by atoms with van der Waals surface area (Å²) in [4.78, 5) is 27.2. The Hall–Kier alpha value is -2.81. The fraction of sp³-hybridized carbons (Fsp3) is 0.476. The van der Waals surface area contributed by atoms with E-state index >= 15 is 4.39 Å². The van der Waals surface area contributed by atoms with Crippen molar-refractivity contribution < 1.29 is 18.7 Å². The number of halogens is 2. The molecule has 3 aliphatic carbocycles. The van der Waals surface area contributed by atoms with Crippen molar-refractivity contribution >= 4 is 35.1 Å². The van der Waals surface area contributed by atoms with Crippen molar-refractivity contribution in [1.29, 1.82) is 0 Å². The number of aromatic nitrogens is 2. The second kappa shape index (κ2) is 6.12. The summed E-state index contributed by atoms with van der Waals surface area (Å²) in [7, 11) is 0. The minimum absolute atomic E-state index is 0.0152. The molecule has 3 saturated carbocycles. The number of carbonyl (C=O) groups is 2. The minimum atomic E-state index is -1.31. The third-order valence-electron chi connectivity index (χ3n) is 7.31. The summed E-state index contributed by atoms with van der Waals surface area (Å²) in [5.41, 5.74) is 5.80. The van der Waals surface area contributed by atoms with Gasteiger partial charge in [-0.1, -0.05) is 11.6 Å². The Balaban J connectivity index is 1.34. The van der Waals surface area contributed by atoms with E-state index in [9.17, 15) is 9.59 Å². The molecular formula is C21H21ClFN5O3. The van der Waals surface area contributed by atoms with Gasteiger partial charge in [-0.3, -0.25) is 10.1 Å². The van der Waals surface area contributed by atoms with Crippen molar-refractivity contribution in [3.05, 3.63) is 40.3 Å². The summed E-state index contributed by atoms with van der Waals surface area (Å²) in [6.07, 6.45) is 4.91. The van der Waals surface area contributed by atoms with E-state index in [0.717, 1.165) is 25.2 Å². The number of hydrogen-bond donors (Lipinski definition) is 2. The average Bonchev–Trinajstić information content (AvgIpc) is 3.03. The normalized spacial score (nSPS) is 30.7. The van der Waals surface area contributed by atoms with E-state index in [-0.39, 0.29) is 28.6 Å². The molecule has 162 valence electrons. The monoisotopic (exact) mass is 445 g/mol. The second-order valence-electron chi connectivity index (χ2n) is 9.18. The van der Waals surface area contributed by atoms with Gasteiger partial charge in [0.05, 0.1) is 34.6 Å². The number of rotatable bonds is 2. The molecule has 7 rings (SSSR count). The molecule has 1 atom stereocenters. The van der Waals surface area contributed by atoms with Gasteiger partial charge in [0, 0.05) is 6.54 Å². The Morgan fingerprint density at radius 3 is 2.84 bits per heavy atom. The molecule has 10 heteroatoms. The summed E-state index contributed by atoms with van der Waals surface area (Å²) in [5, 5.41) is 6.87. The van der Waals surface area contributed by atoms with E-state index in [0.29, 0.717) is 36.5 Å². The highest BCUT2D eigenvalue weighted by Crippen LogP contribution is 2.62. The molecule has 5 aliphatic rings. The molecule has 1 spiro atoms. The van der Waals surface area contributed by atoms with Crippen LogP contribution in [0.25, 0.3) is 0 Å². The maximum absolute atomic E-state index is 15.0. The number of piperidine rings is 1. The van der Waals surface area contributed by atoms with Gasteiger partial charge in [-0.15, -0.1) is 0 Å². The molecule has 1 aromatic carbocycles. The van der Waals surface area contributed by atoms with Crippen LogP contribution in [0.4, 0.5) is 20.7 Å². The number of nitrogens with zero attached hydrogens (tertiary/aromatic N) is 3. The minimum Gasteiger partial charge on any atom is -0.436 e. The van der Waals surface area contributed by atoms with Crippen LogP contribution in [0, 0.1) is 11.7 Å². The van der Waals surface area contributed by atoms with Crippen LogP contribution in [0.5, 0.6) is 0 Å². The Kier molecular flexibility index (Phi) is 3.74. The predicted molar refractivity (Wildman–Crippen MR) is 110 cm³/mol. The van der Waals surface area contributed by atoms with Crippen LogP contribution >= 0.6 is 11.6 Å². The lowest BCUT2D eigenvalue weighted by atomic mass is 9.50. The molecule has 0 radical (unpaired) electrons. The van der Waals surface area contributed by atoms with Crippen LogP contribution in [0.15, 0.2) is 18.3 Å². The third-order valence-corrected chi connectivity index (χ3v) is 7.60. The zero-order valence-electron chi connectivity index (χ0n) is 16.7. The maximum Gasteiger partial charge on any atom is 0.412 e. The first-order valence-corrected chi connectivity index (χ1v) is 10.8. The van der Waals surface area contributed by atoms with Crippen molar-refractivity contribution in [3.8, 4) is 0 Å². The fourth-order valence-corrected chi connectivity index (χ4v) is 5.87. The van der Waals surface area contributed by atoms with Gasteiger partial charge in [-0.2, -0.15) is 5.10 Å². The van der Waals surface area contributed by atoms with E-state index in [2.05, 4.69) is 10.4 Å². The van der Waals surface area contributed by atoms with Crippen LogP contribution in [0.3, 0.4) is 0 Å². The van der Waals surface area contributed by atoms with Gasteiger partial charge in [-0.05, 0) is 50.2 Å². The molecular weight excluding hydrogens is 425 g/mol. The summed E-state index contributed by atoms with van der Waals surface area (Å²) < 4.78 is 22.5. The summed E-state index contributed by atoms with van der Waals surface area (Å²) in [5.74, 6) is 0.165. The number of hydrogen-bond acceptors (Lipinski definition) is 5. The fourth-order valence-electron chi connectivity index (χ4n) is 5.71. The maximum atomic E-state index is 15.0. The first-order chi connectivity index (χ1) is 14.8. The highest BCUT2D eigenvalue weighted by atomic mass is 35.5. The van der Waals surface area contributed by atoms with Gasteiger partial charge < -0.3 is 15.4 Å². The molecule has 1 saturated heterocycles. The lowest BCUT2D eigenvalue weighted by Gasteiger charge is -2.61. The molecule has 4 fully saturated rings. The van der Waals surface area contributed by atoms with E-state index in [1.165, 1.54) is 12.3 Å². The summed E-state index contributed by atoms with van der Waals surface area (Å²) in [6, 6.07) is 2.94. The molecule has 1 aromatic heterocycles. The quantitative estimate of drug-likeness (QED) is 0.737. The van der Waals surface area contributed by atoms with Crippen molar-refractivity contribution in [2.45, 2.75) is 43.2 Å². The van der Waals surface area contributed by atoms with Crippen molar-refractivity contribution in [3.63, 3.8) is 0 Å². The first kappa shape index (κ1) is 18.9. The van der Waals surface area contributed by atoms with E-state index in [1.54, 1.807) is 15.6 Å². The SMILES string of the molecule is Nc1c(C(=O)N2CCC[C@@]3(C2)OC(=O)Nc2ccc(Cl)c(F)c23)cnn1C12CC(C1)C2. The average molecular weight is 446 g/mol. The number of fused-ring (bicyclic) bond motifs is 2. The van der Waals surface area contributed by atoms with Gasteiger partial charge >= 0.3 is 6.09 Å². The number of nitrogen functional groups attached to an aromatic ring is 1. The van der Waals surface area contributed by atoms with Gasteiger partial charge in [0.25, 0.3) is 5.91 Å². The molecule has 31 heavy (non-hydrogen) atoms. The summed E-state index contributed by atoms with van der Waals surface area (Å²) in [6.45, 7) is 0.461. The van der Waals surface area contributed by atoms with E-state index in [4.69, 9.17) is 22.1 Å². The van der Waals surface area contributed by atoms with Crippen LogP contribution in [0.2, 0.25) is 5.02 Å². The highest BCUT2D eigenvalue weighted by molar-refractivity contribution is 6.31. The molecule has 2 bridgehead atoms. The van der Waals surface area contributed by atoms with Crippen molar-refractivity contribution in [2.75, 3.05) is 24.1 Å².